The van der Waals surface area contributed by atoms with Crippen molar-refractivity contribution in [2.75, 3.05) is 19.5 Å². The Kier molecular flexibility index (Phi) is 5.87. The number of hydrogen-bond donors (Lipinski definition) is 2. The summed E-state index contributed by atoms with van der Waals surface area (Å²) in [5.74, 6) is 1.16. The van der Waals surface area contributed by atoms with Crippen molar-refractivity contribution in [2.45, 2.75) is 26.3 Å². The molecule has 0 fully saturated rings. The van der Waals surface area contributed by atoms with Crippen LogP contribution in [0.3, 0.4) is 0 Å². The van der Waals surface area contributed by atoms with Gasteiger partial charge in [-0.2, -0.15) is 0 Å². The smallest absolute Gasteiger partial charge is 0.319 e. The number of Topliss-reactive ketones (excluding diaryl/α,β-unsaturated/α-hetero) is 1. The Bertz CT molecular complexity index is 815. The number of nitrogens with one attached hydrogen (secondary N) is 2. The van der Waals surface area contributed by atoms with Crippen LogP contribution in [0.25, 0.3) is 0 Å². The maximum absolute atomic E-state index is 12.4. The van der Waals surface area contributed by atoms with Crippen molar-refractivity contribution in [1.82, 2.24) is 5.32 Å². The molecule has 0 aliphatic carbocycles. The summed E-state index contributed by atoms with van der Waals surface area (Å²) in [4.78, 5) is 23.9. The normalized spacial score (nSPS) is 10.8. The lowest BCUT2D eigenvalue weighted by Crippen LogP contribution is -2.43. The number of ketones is 1. The van der Waals surface area contributed by atoms with E-state index in [0.29, 0.717) is 22.7 Å². The molecule has 0 aromatic heterocycles. The van der Waals surface area contributed by atoms with Crippen LogP contribution >= 0.6 is 0 Å². The second-order valence-corrected chi connectivity index (χ2v) is 6.41. The Morgan fingerprint density at radius 1 is 0.962 bits per heavy atom. The van der Waals surface area contributed by atoms with Gasteiger partial charge >= 0.3 is 6.03 Å². The summed E-state index contributed by atoms with van der Waals surface area (Å²) in [6, 6.07) is 11.9. The van der Waals surface area contributed by atoms with Crippen LogP contribution in [0.2, 0.25) is 0 Å². The van der Waals surface area contributed by atoms with Gasteiger partial charge in [0, 0.05) is 11.3 Å². The molecule has 2 N–H and O–H groups in total. The molecule has 0 spiro atoms. The largest absolute Gasteiger partial charge is 0.493 e. The SMILES string of the molecule is COc1ccc(C(C)(C)NC(=O)Nc2cccc(C(C)=O)c2)cc1OC. The highest BCUT2D eigenvalue weighted by molar-refractivity contribution is 5.96. The van der Waals surface area contributed by atoms with Gasteiger partial charge in [0.15, 0.2) is 17.3 Å². The maximum Gasteiger partial charge on any atom is 0.319 e. The first-order valence-electron chi connectivity index (χ1n) is 8.19. The first-order valence-corrected chi connectivity index (χ1v) is 8.19. The summed E-state index contributed by atoms with van der Waals surface area (Å²) < 4.78 is 10.6. The third-order valence-electron chi connectivity index (χ3n) is 4.06. The summed E-state index contributed by atoms with van der Waals surface area (Å²) in [7, 11) is 3.14. The van der Waals surface area contributed by atoms with Crippen LogP contribution in [0.1, 0.15) is 36.7 Å². The monoisotopic (exact) mass is 356 g/mol. The fraction of sp³-hybridized carbons (Fsp3) is 0.300. The summed E-state index contributed by atoms with van der Waals surface area (Å²) in [5, 5.41) is 5.68. The Labute approximate surface area is 153 Å². The molecule has 2 aromatic rings. The van der Waals surface area contributed by atoms with Gasteiger partial charge in [-0.15, -0.1) is 0 Å². The van der Waals surface area contributed by atoms with E-state index in [0.717, 1.165) is 5.56 Å². The Morgan fingerprint density at radius 2 is 1.65 bits per heavy atom. The van der Waals surface area contributed by atoms with Gasteiger partial charge in [-0.1, -0.05) is 18.2 Å². The number of ether oxygens (including phenoxy) is 2. The van der Waals surface area contributed by atoms with E-state index in [1.165, 1.54) is 6.92 Å². The summed E-state index contributed by atoms with van der Waals surface area (Å²) in [5.41, 5.74) is 1.31. The number of urea groups is 1. The fourth-order valence-corrected chi connectivity index (χ4v) is 2.56. The minimum absolute atomic E-state index is 0.0558. The molecule has 0 bridgehead atoms. The van der Waals surface area contributed by atoms with E-state index in [1.54, 1.807) is 44.6 Å². The van der Waals surface area contributed by atoms with E-state index in [2.05, 4.69) is 10.6 Å². The highest BCUT2D eigenvalue weighted by Crippen LogP contribution is 2.32. The van der Waals surface area contributed by atoms with Crippen molar-refractivity contribution in [1.29, 1.82) is 0 Å². The molecule has 138 valence electrons. The Balaban J connectivity index is 2.14. The van der Waals surface area contributed by atoms with Crippen LogP contribution in [0, 0.1) is 0 Å². The average molecular weight is 356 g/mol. The number of methoxy groups -OCH3 is 2. The lowest BCUT2D eigenvalue weighted by atomic mass is 9.94. The first-order chi connectivity index (χ1) is 12.3. The molecule has 6 heteroatoms. The zero-order valence-corrected chi connectivity index (χ0v) is 15.7. The van der Waals surface area contributed by atoms with Crippen LogP contribution in [-0.4, -0.2) is 26.0 Å². The van der Waals surface area contributed by atoms with Gasteiger partial charge in [-0.3, -0.25) is 4.79 Å². The molecule has 2 aromatic carbocycles. The molecule has 2 rings (SSSR count). The van der Waals surface area contributed by atoms with Crippen molar-refractivity contribution in [3.8, 4) is 11.5 Å². The molecule has 0 saturated carbocycles. The van der Waals surface area contributed by atoms with Crippen LogP contribution in [-0.2, 0) is 5.54 Å². The Morgan fingerprint density at radius 3 is 2.27 bits per heavy atom. The van der Waals surface area contributed by atoms with Gasteiger partial charge in [-0.25, -0.2) is 4.79 Å². The summed E-state index contributed by atoms with van der Waals surface area (Å²) in [6.07, 6.45) is 0. The number of anilines is 1. The number of hydrogen-bond acceptors (Lipinski definition) is 4. The third-order valence-corrected chi connectivity index (χ3v) is 4.06. The zero-order valence-electron chi connectivity index (χ0n) is 15.7. The summed E-state index contributed by atoms with van der Waals surface area (Å²) >= 11 is 0. The molecule has 0 unspecified atom stereocenters. The molecule has 2 amide bonds. The fourth-order valence-electron chi connectivity index (χ4n) is 2.56. The van der Waals surface area contributed by atoms with Gasteiger partial charge in [-0.05, 0) is 50.6 Å². The van der Waals surface area contributed by atoms with Gasteiger partial charge in [0.2, 0.25) is 0 Å². The Hall–Kier alpha value is -3.02. The van der Waals surface area contributed by atoms with Crippen molar-refractivity contribution in [3.63, 3.8) is 0 Å². The standard InChI is InChI=1S/C20H24N2O4/c1-13(23)14-7-6-8-16(11-14)21-19(24)22-20(2,3)15-9-10-17(25-4)18(12-15)26-5/h6-12H,1-5H3,(H2,21,22,24). The van der Waals surface area contributed by atoms with E-state index >= 15 is 0 Å². The minimum Gasteiger partial charge on any atom is -0.493 e. The van der Waals surface area contributed by atoms with Crippen molar-refractivity contribution < 1.29 is 19.1 Å². The van der Waals surface area contributed by atoms with E-state index in [-0.39, 0.29) is 11.8 Å². The molecule has 0 heterocycles. The van der Waals surface area contributed by atoms with Gasteiger partial charge in [0.1, 0.15) is 0 Å². The molecule has 0 aliphatic rings. The van der Waals surface area contributed by atoms with Crippen molar-refractivity contribution in [3.05, 3.63) is 53.6 Å². The zero-order chi connectivity index (χ0) is 19.3. The lowest BCUT2D eigenvalue weighted by molar-refractivity contribution is 0.101. The topological polar surface area (TPSA) is 76.7 Å². The average Bonchev–Trinajstić information content (AvgIpc) is 2.60. The lowest BCUT2D eigenvalue weighted by Gasteiger charge is -2.27. The minimum atomic E-state index is -0.651. The number of carbonyl (C=O) groups is 2. The van der Waals surface area contributed by atoms with Gasteiger partial charge < -0.3 is 20.1 Å². The third kappa shape index (κ3) is 4.53. The number of rotatable bonds is 6. The van der Waals surface area contributed by atoms with E-state index in [1.807, 2.05) is 26.0 Å². The number of benzene rings is 2. The van der Waals surface area contributed by atoms with E-state index < -0.39 is 5.54 Å². The highest BCUT2D eigenvalue weighted by Gasteiger charge is 2.24. The molecule has 6 nitrogen and oxygen atoms in total. The van der Waals surface area contributed by atoms with E-state index in [4.69, 9.17) is 9.47 Å². The molecule has 0 radical (unpaired) electrons. The van der Waals surface area contributed by atoms with Gasteiger partial charge in [0.25, 0.3) is 0 Å². The maximum atomic E-state index is 12.4. The van der Waals surface area contributed by atoms with Crippen LogP contribution in [0.15, 0.2) is 42.5 Å². The van der Waals surface area contributed by atoms with Crippen LogP contribution in [0.4, 0.5) is 10.5 Å². The molecule has 0 saturated heterocycles. The van der Waals surface area contributed by atoms with Crippen molar-refractivity contribution >= 4 is 17.5 Å². The predicted octanol–water partition coefficient (Wildman–Crippen LogP) is 3.96. The highest BCUT2D eigenvalue weighted by atomic mass is 16.5. The number of carbonyl (C=O) groups excluding carboxylic acids is 2. The molecule has 0 aliphatic heterocycles. The second kappa shape index (κ2) is 7.91. The van der Waals surface area contributed by atoms with Crippen LogP contribution in [0.5, 0.6) is 11.5 Å². The van der Waals surface area contributed by atoms with Crippen molar-refractivity contribution in [2.24, 2.45) is 0 Å². The van der Waals surface area contributed by atoms with Crippen LogP contribution < -0.4 is 20.1 Å². The first kappa shape index (κ1) is 19.3. The molecule has 0 atom stereocenters. The molecular formula is C20H24N2O4. The molecular weight excluding hydrogens is 332 g/mol. The quantitative estimate of drug-likeness (QED) is 0.768. The number of amides is 2. The molecule has 26 heavy (non-hydrogen) atoms. The van der Waals surface area contributed by atoms with E-state index in [9.17, 15) is 9.59 Å². The van der Waals surface area contributed by atoms with Gasteiger partial charge in [0.05, 0.1) is 19.8 Å². The summed E-state index contributed by atoms with van der Waals surface area (Å²) in [6.45, 7) is 5.26. The predicted molar refractivity (Wildman–Crippen MR) is 101 cm³/mol. The second-order valence-electron chi connectivity index (χ2n) is 6.41.